The van der Waals surface area contributed by atoms with E-state index < -0.39 is 18.1 Å². The summed E-state index contributed by atoms with van der Waals surface area (Å²) in [5, 5.41) is 9.38. The molecule has 1 rings (SSSR count). The van der Waals surface area contributed by atoms with E-state index in [1.807, 2.05) is 0 Å². The Balaban J connectivity index is 2.88. The van der Waals surface area contributed by atoms with E-state index in [1.165, 1.54) is 12.3 Å². The minimum absolute atomic E-state index is 0.261. The van der Waals surface area contributed by atoms with Crippen LogP contribution in [0, 0.1) is 5.95 Å². The van der Waals surface area contributed by atoms with Crippen molar-refractivity contribution < 1.29 is 9.50 Å². The van der Waals surface area contributed by atoms with Gasteiger partial charge in [0.15, 0.2) is 0 Å². The number of pyridine rings is 1. The number of aliphatic hydroxyl groups is 1. The summed E-state index contributed by atoms with van der Waals surface area (Å²) in [6, 6.07) is 2.44. The molecule has 4 heteroatoms. The van der Waals surface area contributed by atoms with Crippen LogP contribution in [0.3, 0.4) is 0 Å². The SMILES string of the molecule is CCC(O)C(N)c1cccnc1F. The molecule has 13 heavy (non-hydrogen) atoms. The lowest BCUT2D eigenvalue weighted by Crippen LogP contribution is -2.26. The van der Waals surface area contributed by atoms with Crippen LogP contribution in [0.4, 0.5) is 4.39 Å². The Kier molecular flexibility index (Phi) is 3.33. The smallest absolute Gasteiger partial charge is 0.217 e. The predicted octanol–water partition coefficient (Wildman–Crippen LogP) is 0.991. The van der Waals surface area contributed by atoms with Gasteiger partial charge in [-0.3, -0.25) is 0 Å². The number of nitrogens with two attached hydrogens (primary N) is 1. The average Bonchev–Trinajstić information content (AvgIpc) is 2.16. The monoisotopic (exact) mass is 184 g/mol. The zero-order valence-electron chi connectivity index (χ0n) is 7.44. The van der Waals surface area contributed by atoms with Crippen molar-refractivity contribution in [2.75, 3.05) is 0 Å². The van der Waals surface area contributed by atoms with Crippen LogP contribution < -0.4 is 5.73 Å². The molecule has 0 aromatic carbocycles. The van der Waals surface area contributed by atoms with Crippen molar-refractivity contribution in [3.05, 3.63) is 29.8 Å². The van der Waals surface area contributed by atoms with Gasteiger partial charge in [0.2, 0.25) is 5.95 Å². The maximum atomic E-state index is 13.0. The minimum atomic E-state index is -0.723. The molecule has 2 atom stereocenters. The van der Waals surface area contributed by atoms with E-state index in [9.17, 15) is 9.50 Å². The second kappa shape index (κ2) is 4.30. The first kappa shape index (κ1) is 10.1. The van der Waals surface area contributed by atoms with Gasteiger partial charge in [0.25, 0.3) is 0 Å². The van der Waals surface area contributed by atoms with Gasteiger partial charge in [-0.05, 0) is 12.5 Å². The van der Waals surface area contributed by atoms with Gasteiger partial charge in [0.05, 0.1) is 12.1 Å². The summed E-state index contributed by atoms with van der Waals surface area (Å²) in [5.41, 5.74) is 5.88. The highest BCUT2D eigenvalue weighted by molar-refractivity contribution is 5.16. The zero-order chi connectivity index (χ0) is 9.84. The standard InChI is InChI=1S/C9H13FN2O/c1-2-7(13)8(11)6-4-3-5-12-9(6)10/h3-5,7-8,13H,2,11H2,1H3. The normalized spacial score (nSPS) is 15.4. The van der Waals surface area contributed by atoms with Crippen LogP contribution in [0.15, 0.2) is 18.3 Å². The third-order valence-electron chi connectivity index (χ3n) is 1.98. The van der Waals surface area contributed by atoms with Crippen LogP contribution in [-0.2, 0) is 0 Å². The summed E-state index contributed by atoms with van der Waals surface area (Å²) in [7, 11) is 0. The predicted molar refractivity (Wildman–Crippen MR) is 47.4 cm³/mol. The number of halogens is 1. The lowest BCUT2D eigenvalue weighted by molar-refractivity contribution is 0.138. The quantitative estimate of drug-likeness (QED) is 0.689. The maximum Gasteiger partial charge on any atom is 0.217 e. The van der Waals surface area contributed by atoms with E-state index in [2.05, 4.69) is 4.98 Å². The molecule has 0 aliphatic rings. The second-order valence-electron chi connectivity index (χ2n) is 2.88. The molecule has 1 heterocycles. The molecule has 3 N–H and O–H groups in total. The van der Waals surface area contributed by atoms with E-state index in [-0.39, 0.29) is 5.56 Å². The van der Waals surface area contributed by atoms with Crippen molar-refractivity contribution in [3.8, 4) is 0 Å². The summed E-state index contributed by atoms with van der Waals surface area (Å²) in [5.74, 6) is -0.609. The first-order valence-electron chi connectivity index (χ1n) is 4.21. The Hall–Kier alpha value is -1.00. The summed E-state index contributed by atoms with van der Waals surface area (Å²) in [6.07, 6.45) is 1.12. The number of rotatable bonds is 3. The van der Waals surface area contributed by atoms with Crippen molar-refractivity contribution >= 4 is 0 Å². The summed E-state index contributed by atoms with van der Waals surface area (Å²) >= 11 is 0. The molecular weight excluding hydrogens is 171 g/mol. The van der Waals surface area contributed by atoms with Gasteiger partial charge in [0, 0.05) is 11.8 Å². The molecule has 1 aromatic heterocycles. The topological polar surface area (TPSA) is 59.1 Å². The molecule has 0 bridgehead atoms. The lowest BCUT2D eigenvalue weighted by Gasteiger charge is -2.17. The van der Waals surface area contributed by atoms with E-state index in [0.717, 1.165) is 0 Å². The van der Waals surface area contributed by atoms with Gasteiger partial charge in [-0.15, -0.1) is 0 Å². The van der Waals surface area contributed by atoms with Crippen LogP contribution in [0.2, 0.25) is 0 Å². The van der Waals surface area contributed by atoms with Gasteiger partial charge in [0.1, 0.15) is 0 Å². The molecule has 0 saturated carbocycles. The van der Waals surface area contributed by atoms with Gasteiger partial charge in [-0.1, -0.05) is 13.0 Å². The molecule has 0 radical (unpaired) electrons. The van der Waals surface area contributed by atoms with Crippen LogP contribution in [0.5, 0.6) is 0 Å². The summed E-state index contributed by atoms with van der Waals surface area (Å²) < 4.78 is 13.0. The third-order valence-corrected chi connectivity index (χ3v) is 1.98. The van der Waals surface area contributed by atoms with Gasteiger partial charge in [-0.2, -0.15) is 4.39 Å². The Labute approximate surface area is 76.4 Å². The molecule has 72 valence electrons. The van der Waals surface area contributed by atoms with Gasteiger partial charge < -0.3 is 10.8 Å². The molecule has 0 fully saturated rings. The molecule has 0 spiro atoms. The fraction of sp³-hybridized carbons (Fsp3) is 0.444. The van der Waals surface area contributed by atoms with Crippen molar-refractivity contribution in [2.24, 2.45) is 5.73 Å². The fourth-order valence-electron chi connectivity index (χ4n) is 1.11. The van der Waals surface area contributed by atoms with Crippen molar-refractivity contribution in [2.45, 2.75) is 25.5 Å². The highest BCUT2D eigenvalue weighted by Crippen LogP contribution is 2.17. The first-order valence-corrected chi connectivity index (χ1v) is 4.21. The number of hydrogen-bond acceptors (Lipinski definition) is 3. The van der Waals surface area contributed by atoms with Crippen LogP contribution in [-0.4, -0.2) is 16.2 Å². The number of aliphatic hydroxyl groups excluding tert-OH is 1. The highest BCUT2D eigenvalue weighted by Gasteiger charge is 2.18. The number of hydrogen-bond donors (Lipinski definition) is 2. The minimum Gasteiger partial charge on any atom is -0.391 e. The van der Waals surface area contributed by atoms with Crippen LogP contribution >= 0.6 is 0 Å². The van der Waals surface area contributed by atoms with Crippen LogP contribution in [0.1, 0.15) is 24.9 Å². The third kappa shape index (κ3) is 2.23. The van der Waals surface area contributed by atoms with E-state index in [1.54, 1.807) is 13.0 Å². The Morgan fingerprint density at radius 3 is 2.92 bits per heavy atom. The maximum absolute atomic E-state index is 13.0. The molecule has 0 saturated heterocycles. The van der Waals surface area contributed by atoms with Crippen molar-refractivity contribution in [3.63, 3.8) is 0 Å². The summed E-state index contributed by atoms with van der Waals surface area (Å²) in [4.78, 5) is 3.46. The van der Waals surface area contributed by atoms with Crippen molar-refractivity contribution in [1.82, 2.24) is 4.98 Å². The largest absolute Gasteiger partial charge is 0.391 e. The molecule has 1 aromatic rings. The van der Waals surface area contributed by atoms with E-state index in [0.29, 0.717) is 6.42 Å². The Bertz CT molecular complexity index is 280. The Morgan fingerprint density at radius 2 is 2.38 bits per heavy atom. The number of nitrogens with zero attached hydrogens (tertiary/aromatic N) is 1. The van der Waals surface area contributed by atoms with E-state index >= 15 is 0 Å². The van der Waals surface area contributed by atoms with E-state index in [4.69, 9.17) is 5.73 Å². The van der Waals surface area contributed by atoms with Crippen LogP contribution in [0.25, 0.3) is 0 Å². The molecule has 2 unspecified atom stereocenters. The second-order valence-corrected chi connectivity index (χ2v) is 2.88. The molecule has 3 nitrogen and oxygen atoms in total. The first-order chi connectivity index (χ1) is 6.16. The molecule has 0 aliphatic carbocycles. The average molecular weight is 184 g/mol. The number of aromatic nitrogens is 1. The molecular formula is C9H13FN2O. The van der Waals surface area contributed by atoms with Gasteiger partial charge >= 0.3 is 0 Å². The summed E-state index contributed by atoms with van der Waals surface area (Å²) in [6.45, 7) is 1.79. The fourth-order valence-corrected chi connectivity index (χ4v) is 1.11. The zero-order valence-corrected chi connectivity index (χ0v) is 7.44. The van der Waals surface area contributed by atoms with Gasteiger partial charge in [-0.25, -0.2) is 4.98 Å². The highest BCUT2D eigenvalue weighted by atomic mass is 19.1. The molecule has 0 amide bonds. The Morgan fingerprint density at radius 1 is 1.69 bits per heavy atom. The van der Waals surface area contributed by atoms with Crippen molar-refractivity contribution in [1.29, 1.82) is 0 Å². The lowest BCUT2D eigenvalue weighted by atomic mass is 10.0. The molecule has 0 aliphatic heterocycles.